The summed E-state index contributed by atoms with van der Waals surface area (Å²) in [6.45, 7) is 0. The standard InChI is InChI=1S/C6H5N3O/c10-9-4-2-6-1-3-7-5-8(6)9/h1-5H. The summed E-state index contributed by atoms with van der Waals surface area (Å²) in [7, 11) is 0. The lowest BCUT2D eigenvalue weighted by Crippen LogP contribution is -2.31. The minimum Gasteiger partial charge on any atom is -0.596 e. The molecule has 0 aliphatic heterocycles. The lowest BCUT2D eigenvalue weighted by atomic mass is 10.5. The summed E-state index contributed by atoms with van der Waals surface area (Å²) in [5.74, 6) is 0. The Bertz CT molecular complexity index is 355. The predicted octanol–water partition coefficient (Wildman–Crippen LogP) is -0.0323. The molecule has 0 amide bonds. The maximum absolute atomic E-state index is 10.8. The van der Waals surface area contributed by atoms with Crippen LogP contribution in [0.5, 0.6) is 0 Å². The van der Waals surface area contributed by atoms with E-state index in [2.05, 4.69) is 4.98 Å². The van der Waals surface area contributed by atoms with Crippen molar-refractivity contribution < 1.29 is 4.85 Å². The van der Waals surface area contributed by atoms with Crippen molar-refractivity contribution >= 4 is 5.52 Å². The van der Waals surface area contributed by atoms with Gasteiger partial charge in [0, 0.05) is 12.3 Å². The van der Waals surface area contributed by atoms with Crippen molar-refractivity contribution in [2.24, 2.45) is 0 Å². The van der Waals surface area contributed by atoms with Gasteiger partial charge in [-0.05, 0) is 6.07 Å². The van der Waals surface area contributed by atoms with E-state index in [0.29, 0.717) is 0 Å². The molecule has 4 heteroatoms. The molecule has 0 atom stereocenters. The molecule has 2 aromatic rings. The smallest absolute Gasteiger partial charge is 0.210 e. The normalized spacial score (nSPS) is 10.4. The van der Waals surface area contributed by atoms with Crippen LogP contribution in [0.25, 0.3) is 5.52 Å². The Morgan fingerprint density at radius 2 is 2.40 bits per heavy atom. The highest BCUT2D eigenvalue weighted by Gasteiger charge is 1.97. The highest BCUT2D eigenvalue weighted by atomic mass is 16.5. The Hall–Kier alpha value is -1.58. The zero-order valence-corrected chi connectivity index (χ0v) is 5.14. The molecule has 0 aromatic carbocycles. The van der Waals surface area contributed by atoms with Crippen LogP contribution in [-0.2, 0) is 0 Å². The van der Waals surface area contributed by atoms with Crippen LogP contribution in [0.2, 0.25) is 0 Å². The average molecular weight is 135 g/mol. The SMILES string of the molecule is [O-][n+]1ccc2ccncn21. The average Bonchev–Trinajstić information content (AvgIpc) is 2.34. The van der Waals surface area contributed by atoms with Gasteiger partial charge in [-0.15, -0.1) is 0 Å². The Labute approximate surface area is 56.9 Å². The summed E-state index contributed by atoms with van der Waals surface area (Å²) in [6.07, 6.45) is 4.56. The van der Waals surface area contributed by atoms with E-state index in [4.69, 9.17) is 0 Å². The Kier molecular flexibility index (Phi) is 0.887. The van der Waals surface area contributed by atoms with Crippen molar-refractivity contribution in [2.45, 2.75) is 0 Å². The molecule has 0 aliphatic carbocycles. The molecule has 0 saturated carbocycles. The first kappa shape index (κ1) is 5.22. The van der Waals surface area contributed by atoms with Gasteiger partial charge in [0.1, 0.15) is 5.52 Å². The second-order valence-corrected chi connectivity index (χ2v) is 1.97. The van der Waals surface area contributed by atoms with Gasteiger partial charge >= 0.3 is 0 Å². The molecule has 0 radical (unpaired) electrons. The van der Waals surface area contributed by atoms with Gasteiger partial charge in [0.05, 0.1) is 0 Å². The van der Waals surface area contributed by atoms with Crippen LogP contribution in [-0.4, -0.2) is 9.50 Å². The van der Waals surface area contributed by atoms with Crippen LogP contribution in [0.1, 0.15) is 0 Å². The van der Waals surface area contributed by atoms with Crippen LogP contribution in [0.3, 0.4) is 0 Å². The van der Waals surface area contributed by atoms with Crippen molar-refractivity contribution in [3.8, 4) is 0 Å². The molecular weight excluding hydrogens is 130 g/mol. The first-order chi connectivity index (χ1) is 4.88. The highest BCUT2D eigenvalue weighted by molar-refractivity contribution is 5.41. The van der Waals surface area contributed by atoms with Crippen LogP contribution in [0.15, 0.2) is 30.9 Å². The van der Waals surface area contributed by atoms with E-state index in [1.165, 1.54) is 17.0 Å². The van der Waals surface area contributed by atoms with E-state index in [-0.39, 0.29) is 0 Å². The zero-order chi connectivity index (χ0) is 6.97. The number of hydrogen-bond donors (Lipinski definition) is 0. The van der Waals surface area contributed by atoms with E-state index < -0.39 is 0 Å². The second-order valence-electron chi connectivity index (χ2n) is 1.97. The molecule has 2 heterocycles. The van der Waals surface area contributed by atoms with Gasteiger partial charge in [-0.25, -0.2) is 4.98 Å². The quantitative estimate of drug-likeness (QED) is 0.376. The van der Waals surface area contributed by atoms with Gasteiger partial charge in [-0.3, -0.25) is 0 Å². The number of aromatic nitrogens is 3. The van der Waals surface area contributed by atoms with Gasteiger partial charge < -0.3 is 5.21 Å². The minimum atomic E-state index is 0.725. The molecule has 50 valence electrons. The number of hydrogen-bond acceptors (Lipinski definition) is 2. The van der Waals surface area contributed by atoms with E-state index in [9.17, 15) is 5.21 Å². The fraction of sp³-hybridized carbons (Fsp3) is 0. The van der Waals surface area contributed by atoms with Gasteiger partial charge in [0.15, 0.2) is 6.33 Å². The van der Waals surface area contributed by atoms with Crippen LogP contribution >= 0.6 is 0 Å². The summed E-state index contributed by atoms with van der Waals surface area (Å²) < 4.78 is 1.42. The summed E-state index contributed by atoms with van der Waals surface area (Å²) in [4.78, 5) is 4.51. The van der Waals surface area contributed by atoms with Crippen molar-refractivity contribution in [1.82, 2.24) is 9.50 Å². The summed E-state index contributed by atoms with van der Waals surface area (Å²) >= 11 is 0. The first-order valence-corrected chi connectivity index (χ1v) is 2.88. The number of fused-ring (bicyclic) bond motifs is 1. The molecule has 0 unspecified atom stereocenters. The molecule has 0 fully saturated rings. The topological polar surface area (TPSA) is 44.2 Å². The van der Waals surface area contributed by atoms with Crippen LogP contribution in [0, 0.1) is 5.21 Å². The Balaban J connectivity index is 2.93. The van der Waals surface area contributed by atoms with Crippen molar-refractivity contribution in [1.29, 1.82) is 0 Å². The zero-order valence-electron chi connectivity index (χ0n) is 5.14. The first-order valence-electron chi connectivity index (χ1n) is 2.88. The summed E-state index contributed by atoms with van der Waals surface area (Å²) in [6, 6.07) is 3.50. The monoisotopic (exact) mass is 135 g/mol. The lowest BCUT2D eigenvalue weighted by Gasteiger charge is -1.91. The third-order valence-corrected chi connectivity index (χ3v) is 1.36. The highest BCUT2D eigenvalue weighted by Crippen LogP contribution is 1.94. The molecule has 0 aliphatic rings. The maximum atomic E-state index is 10.8. The number of nitrogens with zero attached hydrogens (tertiary/aromatic N) is 3. The molecule has 2 rings (SSSR count). The van der Waals surface area contributed by atoms with Gasteiger partial charge in [-0.1, -0.05) is 9.36 Å². The maximum Gasteiger partial charge on any atom is 0.210 e. The van der Waals surface area contributed by atoms with Gasteiger partial charge in [0.2, 0.25) is 6.20 Å². The Morgan fingerprint density at radius 1 is 1.50 bits per heavy atom. The van der Waals surface area contributed by atoms with E-state index >= 15 is 0 Å². The lowest BCUT2D eigenvalue weighted by molar-refractivity contribution is -0.676. The molecule has 0 spiro atoms. The van der Waals surface area contributed by atoms with Crippen molar-refractivity contribution in [2.75, 3.05) is 0 Å². The molecule has 0 saturated heterocycles. The predicted molar refractivity (Wildman–Crippen MR) is 34.2 cm³/mol. The van der Waals surface area contributed by atoms with E-state index in [0.717, 1.165) is 10.4 Å². The summed E-state index contributed by atoms with van der Waals surface area (Å²) in [5.41, 5.74) is 0.852. The van der Waals surface area contributed by atoms with E-state index in [1.807, 2.05) is 0 Å². The molecule has 10 heavy (non-hydrogen) atoms. The molecule has 0 bridgehead atoms. The fourth-order valence-corrected chi connectivity index (χ4v) is 0.873. The van der Waals surface area contributed by atoms with Gasteiger partial charge in [0.25, 0.3) is 0 Å². The molecule has 4 nitrogen and oxygen atoms in total. The van der Waals surface area contributed by atoms with Crippen LogP contribution in [0.4, 0.5) is 0 Å². The molecular formula is C6H5N3O. The molecule has 0 N–H and O–H groups in total. The molecule has 2 aromatic heterocycles. The fourth-order valence-electron chi connectivity index (χ4n) is 0.873. The largest absolute Gasteiger partial charge is 0.596 e. The van der Waals surface area contributed by atoms with Crippen LogP contribution < -0.4 is 4.85 Å². The third kappa shape index (κ3) is 0.556. The third-order valence-electron chi connectivity index (χ3n) is 1.36. The summed E-state index contributed by atoms with van der Waals surface area (Å²) in [5, 5.41) is 10.8. The van der Waals surface area contributed by atoms with Crippen molar-refractivity contribution in [3.05, 3.63) is 36.1 Å². The van der Waals surface area contributed by atoms with E-state index in [1.54, 1.807) is 18.3 Å². The number of rotatable bonds is 0. The Morgan fingerprint density at radius 3 is 3.20 bits per heavy atom. The van der Waals surface area contributed by atoms with Crippen molar-refractivity contribution in [3.63, 3.8) is 0 Å². The van der Waals surface area contributed by atoms with Gasteiger partial charge in [-0.2, -0.15) is 0 Å². The minimum absolute atomic E-state index is 0.725. The second kappa shape index (κ2) is 1.70.